The number of hydrogen-bond acceptors (Lipinski definition) is 9. The normalized spacial score (nSPS) is 13.1. The van der Waals surface area contributed by atoms with Crippen molar-refractivity contribution in [3.63, 3.8) is 0 Å². The highest BCUT2D eigenvalue weighted by Crippen LogP contribution is 2.13. The number of nitrogens with zero attached hydrogens (tertiary/aromatic N) is 4. The van der Waals surface area contributed by atoms with Crippen LogP contribution in [0, 0.1) is 0 Å². The maximum absolute atomic E-state index is 12.1. The summed E-state index contributed by atoms with van der Waals surface area (Å²) in [6, 6.07) is 7.15. The van der Waals surface area contributed by atoms with Gasteiger partial charge in [0.25, 0.3) is 5.91 Å². The lowest BCUT2D eigenvalue weighted by molar-refractivity contribution is -0.114. The number of nitrogens with one attached hydrogen (secondary N) is 1. The molecule has 0 unspecified atom stereocenters. The third kappa shape index (κ3) is 6.79. The standard InChI is InChI=1S/C17H22IN5O5/c1-11(15(22-25-4)12(2)21-28-18)20-27-10-13-8-6-7-9-14(13)16(23-26-5)17(24)19-3/h6-9H,10H2,1-5H3,(H,19,24)/b20-11+,21-12+,22-15-,23-16+. The van der Waals surface area contributed by atoms with Gasteiger partial charge < -0.3 is 23.0 Å². The summed E-state index contributed by atoms with van der Waals surface area (Å²) in [7, 11) is 4.30. The van der Waals surface area contributed by atoms with Crippen LogP contribution in [0.25, 0.3) is 0 Å². The first kappa shape index (κ1) is 23.3. The van der Waals surface area contributed by atoms with Gasteiger partial charge >= 0.3 is 0 Å². The predicted molar refractivity (Wildman–Crippen MR) is 115 cm³/mol. The summed E-state index contributed by atoms with van der Waals surface area (Å²) in [6.45, 7) is 3.48. The second-order valence-corrected chi connectivity index (χ2v) is 5.57. The number of hydrogen-bond donors (Lipinski definition) is 1. The van der Waals surface area contributed by atoms with Gasteiger partial charge in [-0.3, -0.25) is 4.79 Å². The van der Waals surface area contributed by atoms with E-state index in [0.717, 1.165) is 0 Å². The molecule has 0 saturated carbocycles. The number of halogens is 1. The summed E-state index contributed by atoms with van der Waals surface area (Å²) in [5.41, 5.74) is 2.68. The molecule has 0 heterocycles. The minimum Gasteiger partial charge on any atom is -0.399 e. The molecule has 1 N–H and O–H groups in total. The summed E-state index contributed by atoms with van der Waals surface area (Å²) >= 11 is 1.64. The lowest BCUT2D eigenvalue weighted by Crippen LogP contribution is -2.29. The Labute approximate surface area is 177 Å². The highest BCUT2D eigenvalue weighted by Gasteiger charge is 2.17. The SMILES string of the molecule is CNC(=O)/C(=N/OC)c1ccccc1CO/N=C(C)/C(=N/OC)C(/C)=N/OI. The van der Waals surface area contributed by atoms with Gasteiger partial charge in [0.2, 0.25) is 23.0 Å². The molecule has 0 saturated heterocycles. The van der Waals surface area contributed by atoms with E-state index in [-0.39, 0.29) is 18.2 Å². The van der Waals surface area contributed by atoms with Crippen LogP contribution in [-0.2, 0) is 29.1 Å². The van der Waals surface area contributed by atoms with Gasteiger partial charge in [-0.2, -0.15) is 0 Å². The maximum Gasteiger partial charge on any atom is 0.273 e. The average Bonchev–Trinajstić information content (AvgIpc) is 2.70. The van der Waals surface area contributed by atoms with Gasteiger partial charge in [0.1, 0.15) is 32.2 Å². The molecule has 0 bridgehead atoms. The van der Waals surface area contributed by atoms with E-state index in [2.05, 4.69) is 25.9 Å². The van der Waals surface area contributed by atoms with E-state index in [1.54, 1.807) is 55.1 Å². The Hall–Kier alpha value is -2.70. The van der Waals surface area contributed by atoms with Gasteiger partial charge in [0.15, 0.2) is 11.4 Å². The quantitative estimate of drug-likeness (QED) is 0.299. The Bertz CT molecular complexity index is 792. The molecule has 28 heavy (non-hydrogen) atoms. The van der Waals surface area contributed by atoms with Crippen LogP contribution in [0.5, 0.6) is 0 Å². The molecule has 1 rings (SSSR count). The van der Waals surface area contributed by atoms with Crippen molar-refractivity contribution < 1.29 is 22.5 Å². The van der Waals surface area contributed by atoms with Crippen LogP contribution in [0.4, 0.5) is 0 Å². The Kier molecular flexibility index (Phi) is 10.5. The highest BCUT2D eigenvalue weighted by molar-refractivity contribution is 14.1. The van der Waals surface area contributed by atoms with Crippen molar-refractivity contribution >= 4 is 51.8 Å². The molecule has 0 radical (unpaired) electrons. The third-order valence-electron chi connectivity index (χ3n) is 3.36. The van der Waals surface area contributed by atoms with Gasteiger partial charge in [-0.25, -0.2) is 0 Å². The molecule has 0 aliphatic carbocycles. The third-order valence-corrected chi connectivity index (χ3v) is 3.56. The topological polar surface area (TPSA) is 115 Å². The zero-order chi connectivity index (χ0) is 20.9. The molecular formula is C17H22IN5O5. The molecule has 0 fully saturated rings. The van der Waals surface area contributed by atoms with E-state index in [9.17, 15) is 4.79 Å². The molecule has 10 nitrogen and oxygen atoms in total. The van der Waals surface area contributed by atoms with Crippen molar-refractivity contribution in [2.45, 2.75) is 20.5 Å². The first-order valence-corrected chi connectivity index (χ1v) is 8.90. The minimum absolute atomic E-state index is 0.0898. The monoisotopic (exact) mass is 503 g/mol. The number of carbonyl (C=O) groups is 1. The van der Waals surface area contributed by atoms with Crippen LogP contribution in [-0.4, -0.2) is 50.0 Å². The van der Waals surface area contributed by atoms with Gasteiger partial charge in [0.05, 0.1) is 0 Å². The molecule has 0 atom stereocenters. The number of oxime groups is 4. The van der Waals surface area contributed by atoms with Crippen LogP contribution < -0.4 is 5.32 Å². The van der Waals surface area contributed by atoms with E-state index in [1.807, 2.05) is 6.07 Å². The summed E-state index contributed by atoms with van der Waals surface area (Å²) in [5, 5.41) is 18.1. The number of carbonyl (C=O) groups excluding carboxylic acids is 1. The van der Waals surface area contributed by atoms with Crippen molar-refractivity contribution in [3.8, 4) is 0 Å². The molecule has 0 aromatic heterocycles. The summed E-state index contributed by atoms with van der Waals surface area (Å²) < 4.78 is 4.72. The fraction of sp³-hybridized carbons (Fsp3) is 0.353. The second kappa shape index (κ2) is 12.6. The molecule has 1 aromatic rings. The second-order valence-electron chi connectivity index (χ2n) is 5.18. The van der Waals surface area contributed by atoms with E-state index in [4.69, 9.17) is 17.7 Å². The number of rotatable bonds is 10. The molecule has 0 aliphatic rings. The lowest BCUT2D eigenvalue weighted by atomic mass is 10.0. The first-order valence-electron chi connectivity index (χ1n) is 8.02. The Morgan fingerprint density at radius 2 is 1.68 bits per heavy atom. The average molecular weight is 503 g/mol. The van der Waals surface area contributed by atoms with Crippen LogP contribution in [0.15, 0.2) is 44.9 Å². The molecule has 0 aliphatic heterocycles. The molecule has 1 amide bonds. The van der Waals surface area contributed by atoms with Crippen molar-refractivity contribution in [1.82, 2.24) is 5.32 Å². The van der Waals surface area contributed by atoms with E-state index < -0.39 is 0 Å². The lowest BCUT2D eigenvalue weighted by Gasteiger charge is -2.10. The van der Waals surface area contributed by atoms with Crippen molar-refractivity contribution in [2.24, 2.45) is 20.6 Å². The minimum atomic E-state index is -0.380. The molecule has 1 aromatic carbocycles. The molecular weight excluding hydrogens is 481 g/mol. The van der Waals surface area contributed by atoms with Crippen LogP contribution >= 0.6 is 23.0 Å². The van der Waals surface area contributed by atoms with E-state index >= 15 is 0 Å². The van der Waals surface area contributed by atoms with Crippen LogP contribution in [0.3, 0.4) is 0 Å². The maximum atomic E-state index is 12.1. The first-order chi connectivity index (χ1) is 13.5. The summed E-state index contributed by atoms with van der Waals surface area (Å²) in [4.78, 5) is 27.1. The van der Waals surface area contributed by atoms with Crippen molar-refractivity contribution in [3.05, 3.63) is 35.4 Å². The Morgan fingerprint density at radius 1 is 1.04 bits per heavy atom. The van der Waals surface area contributed by atoms with Crippen LogP contribution in [0.2, 0.25) is 0 Å². The number of likely N-dealkylation sites (N-methyl/N-ethyl adjacent to an activating group) is 1. The van der Waals surface area contributed by atoms with Gasteiger partial charge in [-0.15, -0.1) is 0 Å². The number of amides is 1. The fourth-order valence-corrected chi connectivity index (χ4v) is 2.42. The zero-order valence-corrected chi connectivity index (χ0v) is 18.4. The van der Waals surface area contributed by atoms with Crippen molar-refractivity contribution in [2.75, 3.05) is 21.3 Å². The Morgan fingerprint density at radius 3 is 2.29 bits per heavy atom. The van der Waals surface area contributed by atoms with Crippen LogP contribution in [0.1, 0.15) is 25.0 Å². The highest BCUT2D eigenvalue weighted by atomic mass is 127. The smallest absolute Gasteiger partial charge is 0.273 e. The molecule has 0 spiro atoms. The van der Waals surface area contributed by atoms with Gasteiger partial charge in [0, 0.05) is 18.2 Å². The zero-order valence-electron chi connectivity index (χ0n) is 16.2. The van der Waals surface area contributed by atoms with Crippen molar-refractivity contribution in [1.29, 1.82) is 0 Å². The summed E-state index contributed by atoms with van der Waals surface area (Å²) in [5.74, 6) is -0.380. The largest absolute Gasteiger partial charge is 0.399 e. The molecule has 152 valence electrons. The number of benzene rings is 1. The molecule has 11 heteroatoms. The van der Waals surface area contributed by atoms with E-state index in [0.29, 0.717) is 28.3 Å². The van der Waals surface area contributed by atoms with Gasteiger partial charge in [-0.05, 0) is 13.8 Å². The summed E-state index contributed by atoms with van der Waals surface area (Å²) in [6.07, 6.45) is 0. The Balaban J connectivity index is 3.06. The van der Waals surface area contributed by atoms with E-state index in [1.165, 1.54) is 21.3 Å². The van der Waals surface area contributed by atoms with Gasteiger partial charge in [-0.1, -0.05) is 44.9 Å². The fourth-order valence-electron chi connectivity index (χ4n) is 2.12. The predicted octanol–water partition coefficient (Wildman–Crippen LogP) is 2.42.